The van der Waals surface area contributed by atoms with Crippen LogP contribution in [0.15, 0.2) is 40.2 Å². The summed E-state index contributed by atoms with van der Waals surface area (Å²) in [6.07, 6.45) is 0. The van der Waals surface area contributed by atoms with Crippen LogP contribution in [0.4, 0.5) is 11.4 Å². The summed E-state index contributed by atoms with van der Waals surface area (Å²) in [4.78, 5) is 5.38. The predicted molar refractivity (Wildman–Crippen MR) is 80.5 cm³/mol. The lowest BCUT2D eigenvalue weighted by molar-refractivity contribution is 0.426. The monoisotopic (exact) mass is 286 g/mol. The van der Waals surface area contributed by atoms with E-state index in [0.717, 1.165) is 21.8 Å². The van der Waals surface area contributed by atoms with Crippen molar-refractivity contribution < 1.29 is 4.52 Å². The van der Waals surface area contributed by atoms with E-state index in [1.807, 2.05) is 35.7 Å². The van der Waals surface area contributed by atoms with E-state index in [1.165, 1.54) is 0 Å². The molecule has 5 nitrogen and oxygen atoms in total. The molecule has 0 fully saturated rings. The smallest absolute Gasteiger partial charge is 0.260 e. The number of nitrogens with one attached hydrogen (secondary N) is 1. The van der Waals surface area contributed by atoms with Gasteiger partial charge in [-0.05, 0) is 30.5 Å². The summed E-state index contributed by atoms with van der Waals surface area (Å²) in [5.41, 5.74) is 8.54. The Balaban J connectivity index is 1.85. The number of benzene rings is 1. The summed E-state index contributed by atoms with van der Waals surface area (Å²) in [7, 11) is 0. The number of anilines is 2. The van der Waals surface area contributed by atoms with Crippen LogP contribution in [0.3, 0.4) is 0 Å². The Morgan fingerprint density at radius 1 is 1.30 bits per heavy atom. The van der Waals surface area contributed by atoms with E-state index in [2.05, 4.69) is 15.5 Å². The molecule has 3 rings (SSSR count). The van der Waals surface area contributed by atoms with E-state index in [0.29, 0.717) is 18.3 Å². The van der Waals surface area contributed by atoms with Gasteiger partial charge in [-0.1, -0.05) is 17.3 Å². The van der Waals surface area contributed by atoms with E-state index < -0.39 is 0 Å². The third kappa shape index (κ3) is 2.50. The number of nitrogens with two attached hydrogens (primary N) is 1. The van der Waals surface area contributed by atoms with Crippen LogP contribution in [-0.4, -0.2) is 10.1 Å². The number of nitrogens with zero attached hydrogens (tertiary/aromatic N) is 2. The van der Waals surface area contributed by atoms with Gasteiger partial charge >= 0.3 is 0 Å². The molecule has 0 amide bonds. The summed E-state index contributed by atoms with van der Waals surface area (Å²) in [5, 5.41) is 9.18. The molecule has 0 spiro atoms. The minimum atomic E-state index is 0.518. The first kappa shape index (κ1) is 12.7. The SMILES string of the molecule is Cc1noc(-c2ccccc2NCc2sccc2N)n1. The molecule has 20 heavy (non-hydrogen) atoms. The average molecular weight is 286 g/mol. The molecular formula is C14H14N4OS. The lowest BCUT2D eigenvalue weighted by Gasteiger charge is -2.09. The molecule has 0 aliphatic heterocycles. The van der Waals surface area contributed by atoms with Gasteiger partial charge in [0, 0.05) is 16.3 Å². The first-order chi connectivity index (χ1) is 9.74. The Hall–Kier alpha value is -2.34. The van der Waals surface area contributed by atoms with Crippen LogP contribution in [-0.2, 0) is 6.54 Å². The van der Waals surface area contributed by atoms with E-state index in [1.54, 1.807) is 18.3 Å². The fourth-order valence-electron chi connectivity index (χ4n) is 1.90. The minimum absolute atomic E-state index is 0.518. The molecule has 0 bridgehead atoms. The van der Waals surface area contributed by atoms with Crippen molar-refractivity contribution in [3.8, 4) is 11.5 Å². The maximum atomic E-state index is 5.89. The Bertz CT molecular complexity index is 719. The van der Waals surface area contributed by atoms with Crippen LogP contribution in [0.25, 0.3) is 11.5 Å². The number of thiophene rings is 1. The molecule has 0 atom stereocenters. The van der Waals surface area contributed by atoms with Gasteiger partial charge < -0.3 is 15.6 Å². The third-order valence-electron chi connectivity index (χ3n) is 2.90. The first-order valence-electron chi connectivity index (χ1n) is 6.19. The van der Waals surface area contributed by atoms with Crippen molar-refractivity contribution in [2.75, 3.05) is 11.1 Å². The molecule has 102 valence electrons. The second-order valence-electron chi connectivity index (χ2n) is 4.34. The van der Waals surface area contributed by atoms with Crippen molar-refractivity contribution in [3.63, 3.8) is 0 Å². The van der Waals surface area contributed by atoms with Crippen molar-refractivity contribution >= 4 is 22.7 Å². The van der Waals surface area contributed by atoms with Crippen LogP contribution in [0.2, 0.25) is 0 Å². The highest BCUT2D eigenvalue weighted by atomic mass is 32.1. The highest BCUT2D eigenvalue weighted by Crippen LogP contribution is 2.28. The zero-order valence-corrected chi connectivity index (χ0v) is 11.8. The summed E-state index contributed by atoms with van der Waals surface area (Å²) in [6.45, 7) is 2.48. The van der Waals surface area contributed by atoms with Crippen LogP contribution in [0.1, 0.15) is 10.7 Å². The van der Waals surface area contributed by atoms with Crippen LogP contribution < -0.4 is 11.1 Å². The number of rotatable bonds is 4. The number of nitrogen functional groups attached to an aromatic ring is 1. The third-order valence-corrected chi connectivity index (χ3v) is 3.84. The molecule has 2 heterocycles. The fraction of sp³-hybridized carbons (Fsp3) is 0.143. The summed E-state index contributed by atoms with van der Waals surface area (Å²) < 4.78 is 5.23. The molecule has 3 N–H and O–H groups in total. The normalized spacial score (nSPS) is 10.7. The molecule has 0 aliphatic carbocycles. The molecule has 2 aromatic heterocycles. The van der Waals surface area contributed by atoms with E-state index in [-0.39, 0.29) is 0 Å². The van der Waals surface area contributed by atoms with Crippen LogP contribution in [0, 0.1) is 6.92 Å². The topological polar surface area (TPSA) is 77.0 Å². The van der Waals surface area contributed by atoms with Gasteiger partial charge in [0.25, 0.3) is 5.89 Å². The quantitative estimate of drug-likeness (QED) is 0.769. The van der Waals surface area contributed by atoms with Crippen LogP contribution >= 0.6 is 11.3 Å². The van der Waals surface area contributed by atoms with Gasteiger partial charge in [0.05, 0.1) is 12.1 Å². The highest BCUT2D eigenvalue weighted by Gasteiger charge is 2.11. The molecule has 6 heteroatoms. The number of aryl methyl sites for hydroxylation is 1. The maximum absolute atomic E-state index is 5.89. The number of hydrogen-bond acceptors (Lipinski definition) is 6. The summed E-state index contributed by atoms with van der Waals surface area (Å²) in [6, 6.07) is 9.76. The number of hydrogen-bond donors (Lipinski definition) is 2. The van der Waals surface area contributed by atoms with E-state index in [4.69, 9.17) is 10.3 Å². The fourth-order valence-corrected chi connectivity index (χ4v) is 2.64. The predicted octanol–water partition coefficient (Wildman–Crippen LogP) is 3.30. The molecule has 1 aromatic carbocycles. The molecular weight excluding hydrogens is 272 g/mol. The van der Waals surface area contributed by atoms with Crippen LogP contribution in [0.5, 0.6) is 0 Å². The standard InChI is InChI=1S/C14H14N4OS/c1-9-17-14(19-18-9)10-4-2-3-5-12(10)16-8-13-11(15)6-7-20-13/h2-7,16H,8,15H2,1H3. The van der Waals surface area contributed by atoms with Crippen molar-refractivity contribution in [3.05, 3.63) is 46.4 Å². The van der Waals surface area contributed by atoms with Gasteiger partial charge in [-0.2, -0.15) is 4.98 Å². The minimum Gasteiger partial charge on any atom is -0.398 e. The number of aromatic nitrogens is 2. The zero-order valence-electron chi connectivity index (χ0n) is 11.0. The van der Waals surface area contributed by atoms with Crippen molar-refractivity contribution in [2.45, 2.75) is 13.5 Å². The van der Waals surface area contributed by atoms with Crippen molar-refractivity contribution in [1.29, 1.82) is 0 Å². The molecule has 0 unspecified atom stereocenters. The Labute approximate surface area is 120 Å². The average Bonchev–Trinajstić information content (AvgIpc) is 3.06. The lowest BCUT2D eigenvalue weighted by Crippen LogP contribution is -2.01. The van der Waals surface area contributed by atoms with Gasteiger partial charge in [-0.15, -0.1) is 11.3 Å². The Morgan fingerprint density at radius 3 is 2.85 bits per heavy atom. The van der Waals surface area contributed by atoms with Gasteiger partial charge in [-0.25, -0.2) is 0 Å². The van der Waals surface area contributed by atoms with E-state index >= 15 is 0 Å². The number of para-hydroxylation sites is 1. The summed E-state index contributed by atoms with van der Waals surface area (Å²) in [5.74, 6) is 1.14. The second-order valence-corrected chi connectivity index (χ2v) is 5.35. The van der Waals surface area contributed by atoms with Crippen molar-refractivity contribution in [2.24, 2.45) is 0 Å². The van der Waals surface area contributed by atoms with Crippen molar-refractivity contribution in [1.82, 2.24) is 10.1 Å². The molecule has 3 aromatic rings. The Kier molecular flexibility index (Phi) is 3.39. The van der Waals surface area contributed by atoms with Gasteiger partial charge in [0.1, 0.15) is 0 Å². The largest absolute Gasteiger partial charge is 0.398 e. The highest BCUT2D eigenvalue weighted by molar-refractivity contribution is 7.10. The maximum Gasteiger partial charge on any atom is 0.260 e. The molecule has 0 aliphatic rings. The molecule has 0 saturated carbocycles. The van der Waals surface area contributed by atoms with E-state index in [9.17, 15) is 0 Å². The van der Waals surface area contributed by atoms with Gasteiger partial charge in [-0.3, -0.25) is 0 Å². The second kappa shape index (κ2) is 5.34. The lowest BCUT2D eigenvalue weighted by atomic mass is 10.1. The zero-order chi connectivity index (χ0) is 13.9. The molecule has 0 saturated heterocycles. The first-order valence-corrected chi connectivity index (χ1v) is 7.07. The Morgan fingerprint density at radius 2 is 2.15 bits per heavy atom. The van der Waals surface area contributed by atoms with Gasteiger partial charge in [0.2, 0.25) is 0 Å². The van der Waals surface area contributed by atoms with Gasteiger partial charge in [0.15, 0.2) is 5.82 Å². The summed E-state index contributed by atoms with van der Waals surface area (Å²) >= 11 is 1.64. The molecule has 0 radical (unpaired) electrons.